The summed E-state index contributed by atoms with van der Waals surface area (Å²) in [6.45, 7) is 4.85. The number of carbonyl (C=O) groups is 1. The quantitative estimate of drug-likeness (QED) is 0.0273. The molecular formula is C44H82NO7P. The summed E-state index contributed by atoms with van der Waals surface area (Å²) in [4.78, 5) is 22.5. The second kappa shape index (κ2) is 41.6. The number of allylic oxidation sites excluding steroid dienone is 8. The molecular weight excluding hydrogens is 685 g/mol. The topological polar surface area (TPSA) is 117 Å². The van der Waals surface area contributed by atoms with Gasteiger partial charge in [-0.05, 0) is 77.0 Å². The van der Waals surface area contributed by atoms with E-state index in [0.29, 0.717) is 13.0 Å². The summed E-state index contributed by atoms with van der Waals surface area (Å²) in [5.41, 5.74) is 5.37. The maximum Gasteiger partial charge on any atom is 0.472 e. The van der Waals surface area contributed by atoms with Crippen LogP contribution in [0.2, 0.25) is 0 Å². The monoisotopic (exact) mass is 768 g/mol. The van der Waals surface area contributed by atoms with Gasteiger partial charge in [0.1, 0.15) is 6.10 Å². The number of phosphoric ester groups is 1. The number of nitrogens with two attached hydrogens (primary N) is 1. The Balaban J connectivity index is 4.06. The zero-order chi connectivity index (χ0) is 38.8. The van der Waals surface area contributed by atoms with Gasteiger partial charge in [-0.3, -0.25) is 13.8 Å². The number of unbranched alkanes of at least 4 members (excludes halogenated alkanes) is 20. The van der Waals surface area contributed by atoms with E-state index < -0.39 is 13.9 Å². The standard InChI is InChI=1S/C44H82NO7P/c1-3-5-7-9-11-13-15-17-19-20-21-22-24-26-28-30-32-34-36-39-49-41-43(42-51-53(47,48)50-40-38-45)52-44(46)37-35-33-31-29-27-25-23-18-16-14-12-10-8-6-4-2/h12-15,18-20,23,43H,3-11,16-17,21-22,24-42,45H2,1-2H3,(H,47,48)/b14-12-,15-13-,20-19-,23-18-. The average molecular weight is 768 g/mol. The third-order valence-corrected chi connectivity index (χ3v) is 9.95. The molecule has 0 aliphatic heterocycles. The Labute approximate surface area is 326 Å². The van der Waals surface area contributed by atoms with Crippen LogP contribution in [0.3, 0.4) is 0 Å². The molecule has 0 rings (SSSR count). The molecule has 0 aliphatic rings. The van der Waals surface area contributed by atoms with Crippen LogP contribution < -0.4 is 5.73 Å². The number of carbonyl (C=O) groups excluding carboxylic acids is 1. The highest BCUT2D eigenvalue weighted by molar-refractivity contribution is 7.47. The summed E-state index contributed by atoms with van der Waals surface area (Å²) in [7, 11) is -4.28. The van der Waals surface area contributed by atoms with E-state index in [-0.39, 0.29) is 32.3 Å². The Morgan fingerprint density at radius 1 is 0.566 bits per heavy atom. The Morgan fingerprint density at radius 2 is 1.00 bits per heavy atom. The van der Waals surface area contributed by atoms with Crippen LogP contribution >= 0.6 is 7.82 Å². The van der Waals surface area contributed by atoms with Crippen molar-refractivity contribution in [1.82, 2.24) is 0 Å². The fourth-order valence-electron chi connectivity index (χ4n) is 5.76. The lowest BCUT2D eigenvalue weighted by Crippen LogP contribution is -2.28. The smallest absolute Gasteiger partial charge is 0.457 e. The van der Waals surface area contributed by atoms with Crippen LogP contribution in [-0.4, -0.2) is 49.9 Å². The van der Waals surface area contributed by atoms with Gasteiger partial charge in [0.15, 0.2) is 0 Å². The molecule has 9 heteroatoms. The third kappa shape index (κ3) is 41.5. The van der Waals surface area contributed by atoms with Crippen molar-refractivity contribution in [3.63, 3.8) is 0 Å². The normalized spacial score (nSPS) is 14.0. The number of esters is 1. The average Bonchev–Trinajstić information content (AvgIpc) is 3.15. The molecule has 0 bridgehead atoms. The van der Waals surface area contributed by atoms with Crippen molar-refractivity contribution in [1.29, 1.82) is 0 Å². The van der Waals surface area contributed by atoms with Gasteiger partial charge in [-0.1, -0.05) is 152 Å². The molecule has 0 aliphatic carbocycles. The minimum atomic E-state index is -4.28. The molecule has 0 aromatic heterocycles. The zero-order valence-electron chi connectivity index (χ0n) is 34.2. The zero-order valence-corrected chi connectivity index (χ0v) is 35.1. The summed E-state index contributed by atoms with van der Waals surface area (Å²) in [5.74, 6) is -0.347. The van der Waals surface area contributed by atoms with Crippen molar-refractivity contribution >= 4 is 13.8 Å². The Hall–Kier alpha value is -1.54. The SMILES string of the molecule is CCCCC/C=C\C/C=C\CCCCCCCC(=O)OC(COCCCCCCCCCC/C=C\C/C=C\CCCCCC)COP(=O)(O)OCCN. The van der Waals surface area contributed by atoms with Crippen LogP contribution in [0.25, 0.3) is 0 Å². The minimum Gasteiger partial charge on any atom is -0.457 e. The first-order chi connectivity index (χ1) is 25.9. The Morgan fingerprint density at radius 3 is 1.51 bits per heavy atom. The lowest BCUT2D eigenvalue weighted by atomic mass is 10.1. The lowest BCUT2D eigenvalue weighted by Gasteiger charge is -2.20. The van der Waals surface area contributed by atoms with E-state index >= 15 is 0 Å². The van der Waals surface area contributed by atoms with Crippen LogP contribution in [-0.2, 0) is 27.9 Å². The predicted octanol–water partition coefficient (Wildman–Crippen LogP) is 12.8. The number of phosphoric acid groups is 1. The van der Waals surface area contributed by atoms with Crippen LogP contribution in [0.15, 0.2) is 48.6 Å². The molecule has 0 fully saturated rings. The molecule has 0 heterocycles. The van der Waals surface area contributed by atoms with Gasteiger partial charge >= 0.3 is 13.8 Å². The number of ether oxygens (including phenoxy) is 2. The first-order valence-electron chi connectivity index (χ1n) is 21.6. The molecule has 8 nitrogen and oxygen atoms in total. The third-order valence-electron chi connectivity index (χ3n) is 8.97. The molecule has 53 heavy (non-hydrogen) atoms. The highest BCUT2D eigenvalue weighted by atomic mass is 31.2. The molecule has 2 atom stereocenters. The second-order valence-corrected chi connectivity index (χ2v) is 15.7. The van der Waals surface area contributed by atoms with E-state index in [2.05, 4.69) is 62.5 Å². The van der Waals surface area contributed by atoms with Gasteiger partial charge in [0, 0.05) is 19.6 Å². The van der Waals surface area contributed by atoms with Gasteiger partial charge in [0.05, 0.1) is 19.8 Å². The van der Waals surface area contributed by atoms with Crippen LogP contribution in [0, 0.1) is 0 Å². The number of hydrogen-bond acceptors (Lipinski definition) is 7. The fraction of sp³-hybridized carbons (Fsp3) is 0.795. The second-order valence-electron chi connectivity index (χ2n) is 14.2. The minimum absolute atomic E-state index is 0.0954. The van der Waals surface area contributed by atoms with Crippen LogP contribution in [0.5, 0.6) is 0 Å². The van der Waals surface area contributed by atoms with Crippen LogP contribution in [0.1, 0.15) is 187 Å². The molecule has 0 aromatic carbocycles. The van der Waals surface area contributed by atoms with E-state index in [0.717, 1.165) is 64.2 Å². The highest BCUT2D eigenvalue weighted by Crippen LogP contribution is 2.43. The van der Waals surface area contributed by atoms with E-state index in [1.165, 1.54) is 103 Å². The number of rotatable bonds is 41. The van der Waals surface area contributed by atoms with Gasteiger partial charge in [-0.25, -0.2) is 4.57 Å². The summed E-state index contributed by atoms with van der Waals surface area (Å²) < 4.78 is 33.4. The summed E-state index contributed by atoms with van der Waals surface area (Å²) >= 11 is 0. The van der Waals surface area contributed by atoms with E-state index in [9.17, 15) is 14.3 Å². The van der Waals surface area contributed by atoms with E-state index in [1.807, 2.05) is 0 Å². The van der Waals surface area contributed by atoms with Crippen molar-refractivity contribution in [2.45, 2.75) is 193 Å². The predicted molar refractivity (Wildman–Crippen MR) is 224 cm³/mol. The van der Waals surface area contributed by atoms with Gasteiger partial charge in [-0.2, -0.15) is 0 Å². The van der Waals surface area contributed by atoms with Crippen molar-refractivity contribution in [3.05, 3.63) is 48.6 Å². The summed E-state index contributed by atoms with van der Waals surface area (Å²) in [6, 6.07) is 0. The molecule has 0 saturated heterocycles. The van der Waals surface area contributed by atoms with Crippen molar-refractivity contribution in [2.75, 3.05) is 33.0 Å². The molecule has 2 unspecified atom stereocenters. The molecule has 0 aromatic rings. The summed E-state index contributed by atoms with van der Waals surface area (Å²) in [6.07, 6.45) is 48.4. The molecule has 0 radical (unpaired) electrons. The Bertz CT molecular complexity index is 952. The molecule has 3 N–H and O–H groups in total. The maximum absolute atomic E-state index is 12.6. The first-order valence-corrected chi connectivity index (χ1v) is 23.1. The van der Waals surface area contributed by atoms with Crippen molar-refractivity contribution in [2.24, 2.45) is 5.73 Å². The van der Waals surface area contributed by atoms with Crippen molar-refractivity contribution in [3.8, 4) is 0 Å². The highest BCUT2D eigenvalue weighted by Gasteiger charge is 2.25. The first kappa shape index (κ1) is 51.5. The lowest BCUT2D eigenvalue weighted by molar-refractivity contribution is -0.154. The maximum atomic E-state index is 12.6. The Kier molecular flexibility index (Phi) is 40.4. The molecule has 310 valence electrons. The van der Waals surface area contributed by atoms with Crippen LogP contribution in [0.4, 0.5) is 0 Å². The van der Waals surface area contributed by atoms with E-state index in [1.54, 1.807) is 0 Å². The largest absolute Gasteiger partial charge is 0.472 e. The molecule has 0 amide bonds. The number of hydrogen-bond donors (Lipinski definition) is 2. The summed E-state index contributed by atoms with van der Waals surface area (Å²) in [5, 5.41) is 0. The van der Waals surface area contributed by atoms with Gasteiger partial charge in [0.25, 0.3) is 0 Å². The molecule has 0 saturated carbocycles. The van der Waals surface area contributed by atoms with Gasteiger partial charge in [-0.15, -0.1) is 0 Å². The fourth-order valence-corrected chi connectivity index (χ4v) is 6.53. The van der Waals surface area contributed by atoms with Gasteiger partial charge < -0.3 is 20.1 Å². The van der Waals surface area contributed by atoms with Crippen molar-refractivity contribution < 1.29 is 32.8 Å². The molecule has 0 spiro atoms. The van der Waals surface area contributed by atoms with E-state index in [4.69, 9.17) is 24.3 Å². The van der Waals surface area contributed by atoms with Gasteiger partial charge in [0.2, 0.25) is 0 Å².